The zero-order valence-corrected chi connectivity index (χ0v) is 9.86. The van der Waals surface area contributed by atoms with Gasteiger partial charge in [0.2, 0.25) is 0 Å². The fourth-order valence-corrected chi connectivity index (χ4v) is 1.42. The highest BCUT2D eigenvalue weighted by Crippen LogP contribution is 2.23. The first-order valence-corrected chi connectivity index (χ1v) is 4.34. The predicted octanol–water partition coefficient (Wildman–Crippen LogP) is 1.85. The van der Waals surface area contributed by atoms with Gasteiger partial charge in [-0.15, -0.1) is 12.4 Å². The summed E-state index contributed by atoms with van der Waals surface area (Å²) in [7, 11) is 3.60. The van der Waals surface area contributed by atoms with E-state index in [1.165, 1.54) is 0 Å². The molecule has 0 unspecified atom stereocenters. The Morgan fingerprint density at radius 1 is 1.43 bits per heavy atom. The molecule has 0 bridgehead atoms. The normalized spacial score (nSPS) is 9.43. The summed E-state index contributed by atoms with van der Waals surface area (Å²) in [5.41, 5.74) is 3.25. The number of aryl methyl sites for hydroxylation is 1. The second kappa shape index (κ2) is 5.83. The first-order valence-electron chi connectivity index (χ1n) is 4.34. The maximum atomic E-state index is 5.29. The Morgan fingerprint density at radius 3 is 2.57 bits per heavy atom. The number of nitrogens with zero attached hydrogens (tertiary/aromatic N) is 1. The van der Waals surface area contributed by atoms with Gasteiger partial charge in [-0.3, -0.25) is 4.98 Å². The van der Waals surface area contributed by atoms with E-state index in [4.69, 9.17) is 4.74 Å². The third-order valence-corrected chi connectivity index (χ3v) is 2.09. The minimum atomic E-state index is 0. The summed E-state index contributed by atoms with van der Waals surface area (Å²) in [6.07, 6.45) is 1.85. The Labute approximate surface area is 91.3 Å². The molecule has 0 atom stereocenters. The van der Waals surface area contributed by atoms with E-state index < -0.39 is 0 Å². The molecule has 0 amide bonds. The molecule has 0 fully saturated rings. The number of aromatic nitrogens is 1. The van der Waals surface area contributed by atoms with Gasteiger partial charge < -0.3 is 10.1 Å². The minimum absolute atomic E-state index is 0. The highest BCUT2D eigenvalue weighted by Gasteiger charge is 2.07. The molecule has 14 heavy (non-hydrogen) atoms. The van der Waals surface area contributed by atoms with Crippen LogP contribution in [0, 0.1) is 13.8 Å². The molecule has 1 heterocycles. The van der Waals surface area contributed by atoms with E-state index in [-0.39, 0.29) is 12.4 Å². The number of nitrogens with one attached hydrogen (secondary N) is 1. The van der Waals surface area contributed by atoms with Gasteiger partial charge in [-0.2, -0.15) is 0 Å². The third kappa shape index (κ3) is 2.59. The number of halogens is 1. The fraction of sp³-hybridized carbons (Fsp3) is 0.500. The maximum absolute atomic E-state index is 5.29. The van der Waals surface area contributed by atoms with Crippen LogP contribution in [0.1, 0.15) is 16.8 Å². The van der Waals surface area contributed by atoms with Crippen LogP contribution >= 0.6 is 12.4 Å². The topological polar surface area (TPSA) is 34.2 Å². The van der Waals surface area contributed by atoms with Crippen LogP contribution < -0.4 is 10.1 Å². The summed E-state index contributed by atoms with van der Waals surface area (Å²) >= 11 is 0. The number of rotatable bonds is 3. The van der Waals surface area contributed by atoms with E-state index >= 15 is 0 Å². The lowest BCUT2D eigenvalue weighted by molar-refractivity contribution is 0.406. The molecule has 0 spiro atoms. The molecule has 0 saturated heterocycles. The number of hydrogen-bond acceptors (Lipinski definition) is 3. The van der Waals surface area contributed by atoms with Crippen LogP contribution in [0.5, 0.6) is 5.75 Å². The molecule has 0 aliphatic rings. The lowest BCUT2D eigenvalue weighted by Gasteiger charge is -2.11. The van der Waals surface area contributed by atoms with Crippen LogP contribution in [0.2, 0.25) is 0 Å². The zero-order valence-electron chi connectivity index (χ0n) is 9.05. The lowest BCUT2D eigenvalue weighted by Crippen LogP contribution is -2.09. The first-order chi connectivity index (χ1) is 6.20. The van der Waals surface area contributed by atoms with Crippen molar-refractivity contribution in [3.63, 3.8) is 0 Å². The molecular weight excluding hydrogens is 200 g/mol. The van der Waals surface area contributed by atoms with Crippen LogP contribution in [0.25, 0.3) is 0 Å². The number of methoxy groups -OCH3 is 1. The number of pyridine rings is 1. The standard InChI is InChI=1S/C10H16N2O.ClH/c1-7-5-12-9(6-11-3)8(2)10(7)13-4;/h5,11H,6H2,1-4H3;1H. The van der Waals surface area contributed by atoms with Gasteiger partial charge >= 0.3 is 0 Å². The van der Waals surface area contributed by atoms with Crippen LogP contribution in [0.15, 0.2) is 6.20 Å². The first kappa shape index (κ1) is 13.2. The van der Waals surface area contributed by atoms with Crippen molar-refractivity contribution in [1.29, 1.82) is 0 Å². The van der Waals surface area contributed by atoms with Gasteiger partial charge in [-0.25, -0.2) is 0 Å². The Morgan fingerprint density at radius 2 is 2.07 bits per heavy atom. The summed E-state index contributed by atoms with van der Waals surface area (Å²) < 4.78 is 5.29. The number of ether oxygens (including phenoxy) is 1. The number of hydrogen-bond donors (Lipinski definition) is 1. The summed E-state index contributed by atoms with van der Waals surface area (Å²) in [5, 5.41) is 3.08. The van der Waals surface area contributed by atoms with Crippen LogP contribution in [0.3, 0.4) is 0 Å². The molecule has 1 rings (SSSR count). The van der Waals surface area contributed by atoms with Gasteiger partial charge in [0.05, 0.1) is 12.8 Å². The molecule has 1 N–H and O–H groups in total. The van der Waals surface area contributed by atoms with E-state index in [0.29, 0.717) is 0 Å². The average Bonchev–Trinajstić information content (AvgIpc) is 2.11. The predicted molar refractivity (Wildman–Crippen MR) is 60.3 cm³/mol. The minimum Gasteiger partial charge on any atom is -0.496 e. The Hall–Kier alpha value is -0.800. The van der Waals surface area contributed by atoms with E-state index in [1.54, 1.807) is 7.11 Å². The quantitative estimate of drug-likeness (QED) is 0.838. The van der Waals surface area contributed by atoms with Gasteiger partial charge in [-0.05, 0) is 20.9 Å². The molecule has 0 aromatic carbocycles. The maximum Gasteiger partial charge on any atom is 0.128 e. The van der Waals surface area contributed by atoms with Gasteiger partial charge in [0.1, 0.15) is 5.75 Å². The van der Waals surface area contributed by atoms with Crippen molar-refractivity contribution in [2.75, 3.05) is 14.2 Å². The molecule has 80 valence electrons. The second-order valence-corrected chi connectivity index (χ2v) is 3.08. The van der Waals surface area contributed by atoms with E-state index in [2.05, 4.69) is 10.3 Å². The summed E-state index contributed by atoms with van der Waals surface area (Å²) in [4.78, 5) is 4.33. The van der Waals surface area contributed by atoms with Crippen molar-refractivity contribution in [2.24, 2.45) is 0 Å². The molecule has 1 aromatic heterocycles. The summed E-state index contributed by atoms with van der Waals surface area (Å²) in [6.45, 7) is 4.82. The van der Waals surface area contributed by atoms with Gasteiger partial charge in [0, 0.05) is 23.9 Å². The third-order valence-electron chi connectivity index (χ3n) is 2.09. The molecule has 0 radical (unpaired) electrons. The molecule has 0 aliphatic heterocycles. The van der Waals surface area contributed by atoms with Crippen molar-refractivity contribution >= 4 is 12.4 Å². The Kier molecular flexibility index (Phi) is 5.50. The van der Waals surface area contributed by atoms with Crippen molar-refractivity contribution in [3.05, 3.63) is 23.0 Å². The second-order valence-electron chi connectivity index (χ2n) is 3.08. The molecule has 1 aromatic rings. The van der Waals surface area contributed by atoms with Crippen LogP contribution in [-0.2, 0) is 6.54 Å². The molecule has 3 nitrogen and oxygen atoms in total. The van der Waals surface area contributed by atoms with Gasteiger partial charge in [0.15, 0.2) is 0 Å². The summed E-state index contributed by atoms with van der Waals surface area (Å²) in [6, 6.07) is 0. The smallest absolute Gasteiger partial charge is 0.128 e. The van der Waals surface area contributed by atoms with Crippen molar-refractivity contribution < 1.29 is 4.74 Å². The van der Waals surface area contributed by atoms with Gasteiger partial charge in [-0.1, -0.05) is 0 Å². The van der Waals surface area contributed by atoms with Crippen molar-refractivity contribution in [3.8, 4) is 5.75 Å². The summed E-state index contributed by atoms with van der Waals surface area (Å²) in [5.74, 6) is 0.945. The molecular formula is C10H17ClN2O. The highest BCUT2D eigenvalue weighted by molar-refractivity contribution is 5.85. The average molecular weight is 217 g/mol. The monoisotopic (exact) mass is 216 g/mol. The lowest BCUT2D eigenvalue weighted by atomic mass is 10.1. The Bertz CT molecular complexity index is 302. The molecule has 0 saturated carbocycles. The van der Waals surface area contributed by atoms with E-state index in [1.807, 2.05) is 27.1 Å². The van der Waals surface area contributed by atoms with Gasteiger partial charge in [0.25, 0.3) is 0 Å². The highest BCUT2D eigenvalue weighted by atomic mass is 35.5. The van der Waals surface area contributed by atoms with Crippen LogP contribution in [-0.4, -0.2) is 19.1 Å². The van der Waals surface area contributed by atoms with E-state index in [0.717, 1.165) is 29.1 Å². The largest absolute Gasteiger partial charge is 0.496 e. The van der Waals surface area contributed by atoms with Crippen LogP contribution in [0.4, 0.5) is 0 Å². The van der Waals surface area contributed by atoms with E-state index in [9.17, 15) is 0 Å². The molecule has 0 aliphatic carbocycles. The van der Waals surface area contributed by atoms with Crippen molar-refractivity contribution in [1.82, 2.24) is 10.3 Å². The van der Waals surface area contributed by atoms with Crippen molar-refractivity contribution in [2.45, 2.75) is 20.4 Å². The zero-order chi connectivity index (χ0) is 9.84. The fourth-order valence-electron chi connectivity index (χ4n) is 1.42. The molecule has 4 heteroatoms. The Balaban J connectivity index is 0.00000169. The SMILES string of the molecule is CNCc1ncc(C)c(OC)c1C.Cl.